The standard InChI is InChI=1S/C11H17NO4S2/c1-8(10-2-3-16-6-10)12-18(14,15)11-4-9(5-13)7-17-11/h4,7-8,10,12-13H,2-3,5-6H2,1H3. The number of aliphatic hydroxyl groups is 1. The molecule has 0 saturated carbocycles. The zero-order chi connectivity index (χ0) is 13.2. The van der Waals surface area contributed by atoms with E-state index in [9.17, 15) is 8.42 Å². The van der Waals surface area contributed by atoms with Gasteiger partial charge in [0.25, 0.3) is 0 Å². The van der Waals surface area contributed by atoms with Crippen LogP contribution in [0.3, 0.4) is 0 Å². The lowest BCUT2D eigenvalue weighted by atomic mass is 10.0. The fourth-order valence-corrected chi connectivity index (χ4v) is 4.45. The molecule has 1 aliphatic rings. The molecule has 1 aliphatic heterocycles. The second-order valence-electron chi connectivity index (χ2n) is 4.47. The van der Waals surface area contributed by atoms with E-state index in [0.29, 0.717) is 18.8 Å². The number of rotatable bonds is 5. The van der Waals surface area contributed by atoms with E-state index in [1.165, 1.54) is 6.07 Å². The largest absolute Gasteiger partial charge is 0.392 e. The molecule has 0 radical (unpaired) electrons. The van der Waals surface area contributed by atoms with Gasteiger partial charge in [-0.2, -0.15) is 0 Å². The van der Waals surface area contributed by atoms with Crippen LogP contribution in [-0.2, 0) is 21.4 Å². The lowest BCUT2D eigenvalue weighted by Crippen LogP contribution is -2.38. The van der Waals surface area contributed by atoms with Gasteiger partial charge >= 0.3 is 0 Å². The summed E-state index contributed by atoms with van der Waals surface area (Å²) in [5, 5.41) is 10.6. The maximum Gasteiger partial charge on any atom is 0.250 e. The third-order valence-corrected chi connectivity index (χ3v) is 6.14. The monoisotopic (exact) mass is 291 g/mol. The number of nitrogens with one attached hydrogen (secondary N) is 1. The Morgan fingerprint density at radius 1 is 1.67 bits per heavy atom. The molecule has 1 saturated heterocycles. The van der Waals surface area contributed by atoms with Gasteiger partial charge in [-0.1, -0.05) is 0 Å². The van der Waals surface area contributed by atoms with Gasteiger partial charge in [-0.15, -0.1) is 11.3 Å². The maximum absolute atomic E-state index is 12.1. The number of sulfonamides is 1. The fourth-order valence-electron chi connectivity index (χ4n) is 1.92. The smallest absolute Gasteiger partial charge is 0.250 e. The molecule has 1 aromatic rings. The molecule has 2 N–H and O–H groups in total. The van der Waals surface area contributed by atoms with Crippen molar-refractivity contribution in [3.8, 4) is 0 Å². The van der Waals surface area contributed by atoms with Crippen molar-refractivity contribution >= 4 is 21.4 Å². The third-order valence-electron chi connectivity index (χ3n) is 3.09. The Morgan fingerprint density at radius 3 is 3.00 bits per heavy atom. The number of ether oxygens (including phenoxy) is 1. The zero-order valence-corrected chi connectivity index (χ0v) is 11.8. The maximum atomic E-state index is 12.1. The van der Waals surface area contributed by atoms with Crippen LogP contribution in [0.4, 0.5) is 0 Å². The molecule has 2 unspecified atom stereocenters. The number of thiophene rings is 1. The van der Waals surface area contributed by atoms with Gasteiger partial charge in [-0.05, 0) is 30.4 Å². The van der Waals surface area contributed by atoms with Crippen LogP contribution in [0.15, 0.2) is 15.7 Å². The molecule has 2 rings (SSSR count). The molecule has 1 aromatic heterocycles. The summed E-state index contributed by atoms with van der Waals surface area (Å²) >= 11 is 1.12. The number of hydrogen-bond acceptors (Lipinski definition) is 5. The molecule has 0 spiro atoms. The molecule has 0 aromatic carbocycles. The van der Waals surface area contributed by atoms with Gasteiger partial charge in [0.2, 0.25) is 10.0 Å². The van der Waals surface area contributed by atoms with Gasteiger partial charge in [0.15, 0.2) is 0 Å². The number of hydrogen-bond donors (Lipinski definition) is 2. The Kier molecular flexibility index (Phi) is 4.39. The van der Waals surface area contributed by atoms with Crippen molar-refractivity contribution in [2.45, 2.75) is 30.2 Å². The van der Waals surface area contributed by atoms with Crippen LogP contribution in [0.2, 0.25) is 0 Å². The zero-order valence-electron chi connectivity index (χ0n) is 10.1. The quantitative estimate of drug-likeness (QED) is 0.846. The Labute approximate surface area is 111 Å². The first kappa shape index (κ1) is 14.0. The summed E-state index contributed by atoms with van der Waals surface area (Å²) in [6.07, 6.45) is 0.885. The first-order valence-corrected chi connectivity index (χ1v) is 8.17. The van der Waals surface area contributed by atoms with E-state index in [4.69, 9.17) is 9.84 Å². The highest BCUT2D eigenvalue weighted by molar-refractivity contribution is 7.91. The van der Waals surface area contributed by atoms with E-state index < -0.39 is 10.0 Å². The molecule has 2 heterocycles. The van der Waals surface area contributed by atoms with Crippen LogP contribution in [0.25, 0.3) is 0 Å². The normalized spacial score (nSPS) is 22.2. The van der Waals surface area contributed by atoms with Crippen molar-refractivity contribution in [3.63, 3.8) is 0 Å². The predicted molar refractivity (Wildman–Crippen MR) is 69.0 cm³/mol. The minimum Gasteiger partial charge on any atom is -0.392 e. The van der Waals surface area contributed by atoms with Crippen molar-refractivity contribution in [2.75, 3.05) is 13.2 Å². The summed E-state index contributed by atoms with van der Waals surface area (Å²) in [4.78, 5) is 0. The van der Waals surface area contributed by atoms with Crippen molar-refractivity contribution in [3.05, 3.63) is 17.0 Å². The van der Waals surface area contributed by atoms with Gasteiger partial charge < -0.3 is 9.84 Å². The summed E-state index contributed by atoms with van der Waals surface area (Å²) < 4.78 is 32.4. The van der Waals surface area contributed by atoms with Crippen LogP contribution in [0.1, 0.15) is 18.9 Å². The van der Waals surface area contributed by atoms with Crippen LogP contribution in [0.5, 0.6) is 0 Å². The van der Waals surface area contributed by atoms with E-state index in [2.05, 4.69) is 4.72 Å². The lowest BCUT2D eigenvalue weighted by Gasteiger charge is -2.18. The Morgan fingerprint density at radius 2 is 2.44 bits per heavy atom. The minimum atomic E-state index is -3.48. The lowest BCUT2D eigenvalue weighted by molar-refractivity contribution is 0.180. The van der Waals surface area contributed by atoms with Gasteiger partial charge in [0, 0.05) is 18.6 Å². The van der Waals surface area contributed by atoms with Gasteiger partial charge in [-0.25, -0.2) is 13.1 Å². The molecule has 1 fully saturated rings. The second-order valence-corrected chi connectivity index (χ2v) is 7.32. The summed E-state index contributed by atoms with van der Waals surface area (Å²) in [6.45, 7) is 3.02. The highest BCUT2D eigenvalue weighted by Crippen LogP contribution is 2.23. The topological polar surface area (TPSA) is 75.6 Å². The highest BCUT2D eigenvalue weighted by Gasteiger charge is 2.27. The van der Waals surface area contributed by atoms with Crippen LogP contribution < -0.4 is 4.72 Å². The van der Waals surface area contributed by atoms with Crippen molar-refractivity contribution < 1.29 is 18.3 Å². The van der Waals surface area contributed by atoms with E-state index in [0.717, 1.165) is 17.8 Å². The molecule has 0 amide bonds. The molecule has 5 nitrogen and oxygen atoms in total. The second kappa shape index (κ2) is 5.66. The molecule has 102 valence electrons. The van der Waals surface area contributed by atoms with E-state index in [1.54, 1.807) is 5.38 Å². The van der Waals surface area contributed by atoms with Crippen molar-refractivity contribution in [1.82, 2.24) is 4.72 Å². The van der Waals surface area contributed by atoms with Crippen LogP contribution in [0, 0.1) is 5.92 Å². The Balaban J connectivity index is 2.06. The van der Waals surface area contributed by atoms with E-state index >= 15 is 0 Å². The predicted octanol–water partition coefficient (Wildman–Crippen LogP) is 0.944. The average molecular weight is 291 g/mol. The van der Waals surface area contributed by atoms with Gasteiger partial charge in [0.1, 0.15) is 4.21 Å². The van der Waals surface area contributed by atoms with Crippen molar-refractivity contribution in [1.29, 1.82) is 0 Å². The number of aliphatic hydroxyl groups excluding tert-OH is 1. The SMILES string of the molecule is CC(NS(=O)(=O)c1cc(CO)cs1)C1CCOC1. The molecular weight excluding hydrogens is 274 g/mol. The van der Waals surface area contributed by atoms with Gasteiger partial charge in [0.05, 0.1) is 13.2 Å². The summed E-state index contributed by atoms with van der Waals surface area (Å²) in [5.41, 5.74) is 0.622. The molecular formula is C11H17NO4S2. The molecule has 18 heavy (non-hydrogen) atoms. The van der Waals surface area contributed by atoms with Crippen LogP contribution >= 0.6 is 11.3 Å². The molecule has 7 heteroatoms. The Hall–Kier alpha value is -0.470. The summed E-state index contributed by atoms with van der Waals surface area (Å²) in [6, 6.07) is 1.36. The van der Waals surface area contributed by atoms with Gasteiger partial charge in [-0.3, -0.25) is 0 Å². The average Bonchev–Trinajstić information content (AvgIpc) is 3.00. The third kappa shape index (κ3) is 3.10. The summed E-state index contributed by atoms with van der Waals surface area (Å²) in [7, 11) is -3.48. The first-order chi connectivity index (χ1) is 8.53. The van der Waals surface area contributed by atoms with E-state index in [-0.39, 0.29) is 22.8 Å². The molecule has 2 atom stereocenters. The minimum absolute atomic E-state index is 0.141. The Bertz CT molecular complexity index is 491. The van der Waals surface area contributed by atoms with Crippen molar-refractivity contribution in [2.24, 2.45) is 5.92 Å². The summed E-state index contributed by atoms with van der Waals surface area (Å²) in [5.74, 6) is 0.233. The van der Waals surface area contributed by atoms with E-state index in [1.807, 2.05) is 6.92 Å². The molecule has 0 bridgehead atoms. The highest BCUT2D eigenvalue weighted by atomic mass is 32.2. The first-order valence-electron chi connectivity index (χ1n) is 5.81. The van der Waals surface area contributed by atoms with Crippen LogP contribution in [-0.4, -0.2) is 32.8 Å². The molecule has 0 aliphatic carbocycles. The fraction of sp³-hybridized carbons (Fsp3) is 0.636.